The van der Waals surface area contributed by atoms with E-state index in [1.807, 2.05) is 4.90 Å². The fourth-order valence-electron chi connectivity index (χ4n) is 2.50. The number of amides is 1. The van der Waals surface area contributed by atoms with Crippen molar-refractivity contribution in [2.24, 2.45) is 5.41 Å². The van der Waals surface area contributed by atoms with E-state index in [0.717, 1.165) is 25.9 Å². The second kappa shape index (κ2) is 4.52. The lowest BCUT2D eigenvalue weighted by Crippen LogP contribution is -2.43. The molecule has 1 amide bonds. The molecule has 98 valence electrons. The molecule has 0 aliphatic carbocycles. The van der Waals surface area contributed by atoms with Crippen molar-refractivity contribution in [2.75, 3.05) is 18.8 Å². The fraction of sp³-hybridized carbons (Fsp3) is 0.500. The van der Waals surface area contributed by atoms with E-state index >= 15 is 0 Å². The second-order valence-corrected chi connectivity index (χ2v) is 5.77. The molecule has 0 radical (unpaired) electrons. The highest BCUT2D eigenvalue weighted by atomic mass is 16.3. The summed E-state index contributed by atoms with van der Waals surface area (Å²) in [6, 6.07) is 4.50. The first-order chi connectivity index (χ1) is 8.39. The topological polar surface area (TPSA) is 66.6 Å². The van der Waals surface area contributed by atoms with E-state index in [9.17, 15) is 9.90 Å². The summed E-state index contributed by atoms with van der Waals surface area (Å²) >= 11 is 0. The van der Waals surface area contributed by atoms with Gasteiger partial charge in [0.2, 0.25) is 0 Å². The minimum absolute atomic E-state index is 0.0730. The van der Waals surface area contributed by atoms with Gasteiger partial charge >= 0.3 is 0 Å². The molecule has 0 unspecified atom stereocenters. The molecule has 18 heavy (non-hydrogen) atoms. The number of benzene rings is 1. The monoisotopic (exact) mass is 248 g/mol. The number of likely N-dealkylation sites (tertiary alicyclic amines) is 1. The second-order valence-electron chi connectivity index (χ2n) is 5.77. The van der Waals surface area contributed by atoms with Gasteiger partial charge in [-0.15, -0.1) is 0 Å². The quantitative estimate of drug-likeness (QED) is 0.591. The molecule has 1 aliphatic heterocycles. The molecule has 4 heteroatoms. The van der Waals surface area contributed by atoms with Gasteiger partial charge in [-0.1, -0.05) is 13.8 Å². The molecule has 1 aromatic rings. The highest BCUT2D eigenvalue weighted by Crippen LogP contribution is 2.30. The number of piperidine rings is 1. The minimum Gasteiger partial charge on any atom is -0.508 e. The number of nitrogens with two attached hydrogens (primary N) is 1. The van der Waals surface area contributed by atoms with Gasteiger partial charge < -0.3 is 15.7 Å². The minimum atomic E-state index is -0.0869. The highest BCUT2D eigenvalue weighted by molar-refractivity contribution is 5.99. The lowest BCUT2D eigenvalue weighted by Gasteiger charge is -2.38. The third-order valence-electron chi connectivity index (χ3n) is 3.45. The van der Waals surface area contributed by atoms with Gasteiger partial charge in [0.15, 0.2) is 0 Å². The molecule has 0 bridgehead atoms. The maximum Gasteiger partial charge on any atom is 0.256 e. The van der Waals surface area contributed by atoms with Gasteiger partial charge in [-0.25, -0.2) is 0 Å². The van der Waals surface area contributed by atoms with Gasteiger partial charge in [-0.2, -0.15) is 0 Å². The highest BCUT2D eigenvalue weighted by Gasteiger charge is 2.30. The van der Waals surface area contributed by atoms with Crippen LogP contribution in [0.4, 0.5) is 5.69 Å². The van der Waals surface area contributed by atoms with Gasteiger partial charge in [0.05, 0.1) is 5.56 Å². The molecule has 0 atom stereocenters. The Morgan fingerprint density at radius 1 is 1.44 bits per heavy atom. The van der Waals surface area contributed by atoms with Crippen LogP contribution in [0.5, 0.6) is 5.75 Å². The van der Waals surface area contributed by atoms with Crippen LogP contribution in [0.25, 0.3) is 0 Å². The Morgan fingerprint density at radius 3 is 2.83 bits per heavy atom. The number of anilines is 1. The lowest BCUT2D eigenvalue weighted by atomic mass is 9.84. The van der Waals surface area contributed by atoms with Crippen LogP contribution in [0.15, 0.2) is 18.2 Å². The van der Waals surface area contributed by atoms with Crippen molar-refractivity contribution in [3.05, 3.63) is 23.8 Å². The Morgan fingerprint density at radius 2 is 2.17 bits per heavy atom. The number of nitrogen functional groups attached to an aromatic ring is 1. The van der Waals surface area contributed by atoms with E-state index in [1.54, 1.807) is 6.07 Å². The number of hydrogen-bond donors (Lipinski definition) is 2. The fourth-order valence-corrected chi connectivity index (χ4v) is 2.50. The zero-order valence-electron chi connectivity index (χ0n) is 10.9. The predicted octanol–water partition coefficient (Wildman–Crippen LogP) is 2.24. The molecule has 1 aliphatic rings. The molecule has 0 spiro atoms. The van der Waals surface area contributed by atoms with E-state index in [4.69, 9.17) is 5.73 Å². The summed E-state index contributed by atoms with van der Waals surface area (Å²) in [5.41, 5.74) is 6.77. The van der Waals surface area contributed by atoms with Crippen molar-refractivity contribution in [1.29, 1.82) is 0 Å². The normalized spacial score (nSPS) is 18.7. The summed E-state index contributed by atoms with van der Waals surface area (Å²) in [7, 11) is 0. The van der Waals surface area contributed by atoms with Crippen molar-refractivity contribution < 1.29 is 9.90 Å². The average molecular weight is 248 g/mol. The van der Waals surface area contributed by atoms with Crippen molar-refractivity contribution in [3.63, 3.8) is 0 Å². The Bertz CT molecular complexity index is 469. The van der Waals surface area contributed by atoms with Crippen LogP contribution in [0.3, 0.4) is 0 Å². The first-order valence-corrected chi connectivity index (χ1v) is 6.27. The first-order valence-electron chi connectivity index (χ1n) is 6.27. The molecule has 1 heterocycles. The Labute approximate surface area is 107 Å². The van der Waals surface area contributed by atoms with Gasteiger partial charge in [-0.3, -0.25) is 4.79 Å². The third kappa shape index (κ3) is 2.58. The molecule has 1 saturated heterocycles. The van der Waals surface area contributed by atoms with Crippen LogP contribution in [0.1, 0.15) is 37.0 Å². The summed E-state index contributed by atoms with van der Waals surface area (Å²) in [6.07, 6.45) is 2.14. The number of phenols is 1. The van der Waals surface area contributed by atoms with Crippen molar-refractivity contribution in [2.45, 2.75) is 26.7 Å². The predicted molar refractivity (Wildman–Crippen MR) is 71.4 cm³/mol. The zero-order valence-corrected chi connectivity index (χ0v) is 10.9. The summed E-state index contributed by atoms with van der Waals surface area (Å²) in [5, 5.41) is 9.46. The molecular formula is C14H20N2O2. The van der Waals surface area contributed by atoms with E-state index in [1.165, 1.54) is 12.1 Å². The number of nitrogens with zero attached hydrogens (tertiary/aromatic N) is 1. The first kappa shape index (κ1) is 12.7. The largest absolute Gasteiger partial charge is 0.508 e. The molecular weight excluding hydrogens is 228 g/mol. The molecule has 1 fully saturated rings. The van der Waals surface area contributed by atoms with Gasteiger partial charge in [0.25, 0.3) is 5.91 Å². The van der Waals surface area contributed by atoms with E-state index in [-0.39, 0.29) is 17.1 Å². The number of aromatic hydroxyl groups is 1. The van der Waals surface area contributed by atoms with Crippen LogP contribution in [0.2, 0.25) is 0 Å². The van der Waals surface area contributed by atoms with E-state index in [2.05, 4.69) is 13.8 Å². The molecule has 0 aromatic heterocycles. The number of carbonyl (C=O) groups excluding carboxylic acids is 1. The number of carbonyl (C=O) groups is 1. The van der Waals surface area contributed by atoms with Crippen LogP contribution >= 0.6 is 0 Å². The molecule has 2 rings (SSSR count). The van der Waals surface area contributed by atoms with Crippen LogP contribution in [0, 0.1) is 5.41 Å². The Balaban J connectivity index is 2.23. The number of hydrogen-bond acceptors (Lipinski definition) is 3. The third-order valence-corrected chi connectivity index (χ3v) is 3.45. The zero-order chi connectivity index (χ0) is 13.3. The lowest BCUT2D eigenvalue weighted by molar-refractivity contribution is 0.0584. The van der Waals surface area contributed by atoms with E-state index in [0.29, 0.717) is 11.3 Å². The van der Waals surface area contributed by atoms with Crippen molar-refractivity contribution in [1.82, 2.24) is 4.90 Å². The molecule has 3 N–H and O–H groups in total. The van der Waals surface area contributed by atoms with Crippen LogP contribution in [-0.2, 0) is 0 Å². The number of phenolic OH excluding ortho intramolecular Hbond substituents is 1. The summed E-state index contributed by atoms with van der Waals surface area (Å²) in [6.45, 7) is 5.83. The molecule has 1 aromatic carbocycles. The SMILES string of the molecule is CC1(C)CCCN(C(=O)c2cc(O)ccc2N)C1. The van der Waals surface area contributed by atoms with Crippen LogP contribution in [-0.4, -0.2) is 29.0 Å². The smallest absolute Gasteiger partial charge is 0.256 e. The van der Waals surface area contributed by atoms with E-state index < -0.39 is 0 Å². The maximum absolute atomic E-state index is 12.4. The summed E-state index contributed by atoms with van der Waals surface area (Å²) in [4.78, 5) is 14.2. The van der Waals surface area contributed by atoms with Crippen LogP contribution < -0.4 is 5.73 Å². The Hall–Kier alpha value is -1.71. The molecule has 4 nitrogen and oxygen atoms in total. The number of rotatable bonds is 1. The Kier molecular flexibility index (Phi) is 3.20. The molecule has 0 saturated carbocycles. The van der Waals surface area contributed by atoms with Gasteiger partial charge in [-0.05, 0) is 36.5 Å². The van der Waals surface area contributed by atoms with Gasteiger partial charge in [0, 0.05) is 18.8 Å². The average Bonchev–Trinajstić information content (AvgIpc) is 2.30. The van der Waals surface area contributed by atoms with Crippen molar-refractivity contribution in [3.8, 4) is 5.75 Å². The summed E-state index contributed by atoms with van der Waals surface area (Å²) < 4.78 is 0. The standard InChI is InChI=1S/C14H20N2O2/c1-14(2)6-3-7-16(9-14)13(18)11-8-10(17)4-5-12(11)15/h4-5,8,17H,3,6-7,9,15H2,1-2H3. The maximum atomic E-state index is 12.4. The summed E-state index contributed by atoms with van der Waals surface area (Å²) in [5.74, 6) is -0.0139. The van der Waals surface area contributed by atoms with Gasteiger partial charge in [0.1, 0.15) is 5.75 Å². The van der Waals surface area contributed by atoms with Crippen molar-refractivity contribution >= 4 is 11.6 Å².